The fourth-order valence-corrected chi connectivity index (χ4v) is 3.52. The number of rotatable bonds is 11. The molecular formula is C20H31N5O6. The number of carbonyl (C=O) groups is 3. The maximum absolute atomic E-state index is 11.3. The number of hydrogen-bond donors (Lipinski definition) is 3. The van der Waals surface area contributed by atoms with Crippen molar-refractivity contribution in [1.82, 2.24) is 24.6 Å². The van der Waals surface area contributed by atoms with Crippen molar-refractivity contribution in [3.63, 3.8) is 0 Å². The first-order chi connectivity index (χ1) is 14.8. The van der Waals surface area contributed by atoms with Gasteiger partial charge in [0.25, 0.3) is 0 Å². The van der Waals surface area contributed by atoms with E-state index in [9.17, 15) is 19.5 Å². The third-order valence-corrected chi connectivity index (χ3v) is 5.12. The summed E-state index contributed by atoms with van der Waals surface area (Å²) in [5, 5.41) is 27.5. The lowest BCUT2D eigenvalue weighted by molar-refractivity contribution is -0.140. The average Bonchev–Trinajstić information content (AvgIpc) is 2.78. The molecule has 0 aromatic carbocycles. The van der Waals surface area contributed by atoms with E-state index in [0.29, 0.717) is 58.9 Å². The van der Waals surface area contributed by atoms with Gasteiger partial charge in [-0.3, -0.25) is 39.0 Å². The van der Waals surface area contributed by atoms with Crippen LogP contribution in [0, 0.1) is 0 Å². The highest BCUT2D eigenvalue weighted by atomic mass is 16.4. The molecule has 3 N–H and O–H groups in total. The normalized spacial score (nSPS) is 17.1. The monoisotopic (exact) mass is 437 g/mol. The van der Waals surface area contributed by atoms with Crippen molar-refractivity contribution in [2.75, 3.05) is 72.0 Å². The summed E-state index contributed by atoms with van der Waals surface area (Å²) in [5.74, 6) is -2.75. The van der Waals surface area contributed by atoms with Gasteiger partial charge in [-0.1, -0.05) is 6.07 Å². The summed E-state index contributed by atoms with van der Waals surface area (Å²) < 4.78 is 0. The van der Waals surface area contributed by atoms with Crippen LogP contribution in [0.15, 0.2) is 24.4 Å². The Hall–Kier alpha value is -2.60. The lowest BCUT2D eigenvalue weighted by atomic mass is 10.3. The van der Waals surface area contributed by atoms with Gasteiger partial charge in [-0.05, 0) is 12.1 Å². The van der Waals surface area contributed by atoms with Gasteiger partial charge >= 0.3 is 17.9 Å². The van der Waals surface area contributed by atoms with Crippen LogP contribution in [0.3, 0.4) is 0 Å². The van der Waals surface area contributed by atoms with E-state index in [0.717, 1.165) is 5.69 Å². The van der Waals surface area contributed by atoms with Crippen LogP contribution in [0.4, 0.5) is 0 Å². The van der Waals surface area contributed by atoms with E-state index in [-0.39, 0.29) is 19.6 Å². The number of pyridine rings is 1. The van der Waals surface area contributed by atoms with Crippen molar-refractivity contribution in [1.29, 1.82) is 0 Å². The summed E-state index contributed by atoms with van der Waals surface area (Å²) in [5.41, 5.74) is 0.786. The molecule has 1 aromatic heterocycles. The molecule has 2 rings (SSSR count). The Morgan fingerprint density at radius 1 is 0.839 bits per heavy atom. The second-order valence-corrected chi connectivity index (χ2v) is 7.61. The van der Waals surface area contributed by atoms with E-state index in [1.54, 1.807) is 27.0 Å². The van der Waals surface area contributed by atoms with Crippen molar-refractivity contribution in [2.24, 2.45) is 0 Å². The zero-order valence-corrected chi connectivity index (χ0v) is 17.6. The predicted molar refractivity (Wildman–Crippen MR) is 112 cm³/mol. The molecule has 0 unspecified atom stereocenters. The first-order valence-corrected chi connectivity index (χ1v) is 10.3. The van der Waals surface area contributed by atoms with Gasteiger partial charge in [-0.25, -0.2) is 0 Å². The van der Waals surface area contributed by atoms with Gasteiger partial charge in [0, 0.05) is 65.1 Å². The minimum atomic E-state index is -0.918. The lowest BCUT2D eigenvalue weighted by Gasteiger charge is -2.28. The molecule has 0 amide bonds. The maximum Gasteiger partial charge on any atom is 0.317 e. The largest absolute Gasteiger partial charge is 0.480 e. The molecule has 0 saturated carbocycles. The summed E-state index contributed by atoms with van der Waals surface area (Å²) in [6.07, 6.45) is 1.67. The maximum atomic E-state index is 11.3. The Bertz CT molecular complexity index is 691. The van der Waals surface area contributed by atoms with Gasteiger partial charge < -0.3 is 15.3 Å². The second kappa shape index (κ2) is 13.0. The van der Waals surface area contributed by atoms with E-state index in [4.69, 9.17) is 10.2 Å². The van der Waals surface area contributed by atoms with E-state index >= 15 is 0 Å². The quantitative estimate of drug-likeness (QED) is 0.395. The Morgan fingerprint density at radius 2 is 1.39 bits per heavy atom. The van der Waals surface area contributed by atoms with Gasteiger partial charge in [0.2, 0.25) is 0 Å². The summed E-state index contributed by atoms with van der Waals surface area (Å²) in [6.45, 7) is 4.51. The Kier molecular flexibility index (Phi) is 10.3. The zero-order valence-electron chi connectivity index (χ0n) is 17.6. The number of hydrogen-bond acceptors (Lipinski definition) is 8. The number of carboxylic acids is 3. The van der Waals surface area contributed by atoms with Crippen molar-refractivity contribution < 1.29 is 29.7 Å². The fourth-order valence-electron chi connectivity index (χ4n) is 3.52. The highest BCUT2D eigenvalue weighted by Crippen LogP contribution is 2.04. The van der Waals surface area contributed by atoms with Crippen LogP contribution in [-0.4, -0.2) is 130 Å². The highest BCUT2D eigenvalue weighted by Gasteiger charge is 2.20. The van der Waals surface area contributed by atoms with E-state index in [2.05, 4.69) is 9.88 Å². The Labute approximate surface area is 181 Å². The van der Waals surface area contributed by atoms with Crippen LogP contribution in [0.2, 0.25) is 0 Å². The minimum absolute atomic E-state index is 0.0977. The molecule has 0 bridgehead atoms. The molecule has 0 aliphatic carbocycles. The van der Waals surface area contributed by atoms with E-state index in [1.807, 2.05) is 12.1 Å². The summed E-state index contributed by atoms with van der Waals surface area (Å²) in [7, 11) is 0. The number of aliphatic carboxylic acids is 3. The van der Waals surface area contributed by atoms with Gasteiger partial charge in [-0.2, -0.15) is 0 Å². The molecule has 1 saturated heterocycles. The van der Waals surface area contributed by atoms with E-state index < -0.39 is 17.9 Å². The molecule has 172 valence electrons. The molecule has 1 aliphatic heterocycles. The summed E-state index contributed by atoms with van der Waals surface area (Å²) in [6, 6.07) is 5.51. The summed E-state index contributed by atoms with van der Waals surface area (Å²) >= 11 is 0. The first kappa shape index (κ1) is 24.7. The smallest absolute Gasteiger partial charge is 0.317 e. The molecule has 0 atom stereocenters. The minimum Gasteiger partial charge on any atom is -0.480 e. The zero-order chi connectivity index (χ0) is 22.6. The fraction of sp³-hybridized carbons (Fsp3) is 0.600. The third kappa shape index (κ3) is 10.3. The first-order valence-electron chi connectivity index (χ1n) is 10.3. The molecule has 31 heavy (non-hydrogen) atoms. The van der Waals surface area contributed by atoms with Gasteiger partial charge in [0.15, 0.2) is 0 Å². The van der Waals surface area contributed by atoms with Crippen molar-refractivity contribution in [3.8, 4) is 0 Å². The molecule has 1 aliphatic rings. The topological polar surface area (TPSA) is 138 Å². The Balaban J connectivity index is 1.99. The van der Waals surface area contributed by atoms with Crippen LogP contribution in [0.5, 0.6) is 0 Å². The van der Waals surface area contributed by atoms with Crippen molar-refractivity contribution in [2.45, 2.75) is 6.54 Å². The van der Waals surface area contributed by atoms with Gasteiger partial charge in [0.05, 0.1) is 25.3 Å². The van der Waals surface area contributed by atoms with Crippen LogP contribution in [0.25, 0.3) is 0 Å². The molecule has 11 nitrogen and oxygen atoms in total. The van der Waals surface area contributed by atoms with Crippen LogP contribution in [-0.2, 0) is 20.9 Å². The van der Waals surface area contributed by atoms with Crippen molar-refractivity contribution >= 4 is 17.9 Å². The summed E-state index contributed by atoms with van der Waals surface area (Å²) in [4.78, 5) is 45.4. The highest BCUT2D eigenvalue weighted by molar-refractivity contribution is 5.69. The molecule has 0 spiro atoms. The number of nitrogens with zero attached hydrogens (tertiary/aromatic N) is 5. The van der Waals surface area contributed by atoms with Crippen molar-refractivity contribution in [3.05, 3.63) is 30.1 Å². The second-order valence-electron chi connectivity index (χ2n) is 7.61. The van der Waals surface area contributed by atoms with E-state index in [1.165, 1.54) is 0 Å². The van der Waals surface area contributed by atoms with Crippen LogP contribution < -0.4 is 0 Å². The van der Waals surface area contributed by atoms with Gasteiger partial charge in [0.1, 0.15) is 0 Å². The van der Waals surface area contributed by atoms with Crippen LogP contribution >= 0.6 is 0 Å². The predicted octanol–water partition coefficient (Wildman–Crippen LogP) is -0.943. The van der Waals surface area contributed by atoms with Gasteiger partial charge in [-0.15, -0.1) is 0 Å². The molecule has 1 aromatic rings. The van der Waals surface area contributed by atoms with Crippen LogP contribution in [0.1, 0.15) is 5.69 Å². The molecule has 2 heterocycles. The molecule has 11 heteroatoms. The lowest BCUT2D eigenvalue weighted by Crippen LogP contribution is -2.42. The molecule has 0 radical (unpaired) electrons. The average molecular weight is 437 g/mol. The number of carboxylic acid groups (broad SMARTS) is 3. The molecular weight excluding hydrogens is 406 g/mol. The number of aromatic nitrogens is 1. The third-order valence-electron chi connectivity index (χ3n) is 5.12. The Morgan fingerprint density at radius 3 is 1.84 bits per heavy atom. The molecule has 1 fully saturated rings. The SMILES string of the molecule is O=C(O)CN1CCN(CCN(CC(=O)O)Cc2ccccn2)CCN(CC(=O)O)CC1. The standard InChI is InChI=1S/C20H31N5O6/c26-18(27)14-23-8-5-22(6-9-24(11-10-23)15-19(28)29)7-12-25(16-20(30)31)13-17-3-1-2-4-21-17/h1-4H,5-16H2,(H,26,27)(H,28,29)(H,30,31).